The van der Waals surface area contributed by atoms with Crippen molar-refractivity contribution in [3.8, 4) is 17.2 Å². The predicted octanol–water partition coefficient (Wildman–Crippen LogP) is 3.63. The van der Waals surface area contributed by atoms with Crippen LogP contribution in [0.5, 0.6) is 17.2 Å². The first-order valence-corrected chi connectivity index (χ1v) is 13.1. The lowest BCUT2D eigenvalue weighted by Gasteiger charge is -2.20. The largest absolute Gasteiger partial charge is 0.506 e. The van der Waals surface area contributed by atoms with Crippen molar-refractivity contribution in [2.45, 2.75) is 18.4 Å². The highest BCUT2D eigenvalue weighted by Crippen LogP contribution is 2.31. The molecule has 0 aliphatic heterocycles. The molecule has 3 rings (SSSR count). The molecular weight excluding hydrogens is 468 g/mol. The molecule has 9 heteroatoms. The van der Waals surface area contributed by atoms with E-state index in [0.717, 1.165) is 35.3 Å². The number of rotatable bonds is 12. The fourth-order valence-electron chi connectivity index (χ4n) is 3.84. The third-order valence-corrected chi connectivity index (χ3v) is 6.28. The van der Waals surface area contributed by atoms with Crippen molar-refractivity contribution in [1.29, 1.82) is 0 Å². The van der Waals surface area contributed by atoms with E-state index in [4.69, 9.17) is 9.47 Å². The minimum Gasteiger partial charge on any atom is -0.506 e. The molecule has 1 atom stereocenters. The summed E-state index contributed by atoms with van der Waals surface area (Å²) >= 11 is 0. The third kappa shape index (κ3) is 7.61. The number of aliphatic hydroxyl groups excluding tert-OH is 1. The summed E-state index contributed by atoms with van der Waals surface area (Å²) in [6.45, 7) is 0.896. The molecule has 0 aliphatic carbocycles. The first-order chi connectivity index (χ1) is 16.7. The van der Waals surface area contributed by atoms with E-state index >= 15 is 0 Å². The van der Waals surface area contributed by atoms with Gasteiger partial charge >= 0.3 is 0 Å². The molecule has 0 aliphatic rings. The zero-order valence-corrected chi connectivity index (χ0v) is 20.9. The van der Waals surface area contributed by atoms with E-state index in [-0.39, 0.29) is 23.9 Å². The van der Waals surface area contributed by atoms with E-state index in [1.807, 2.05) is 24.3 Å². The first kappa shape index (κ1) is 26.3. The SMILES string of the molecule is COc1ccc(C(CCNC[C@H](O)c2ccc(O)c(NS(C)(=O)=O)c2)c2ccc(OC)cc2)cc1. The van der Waals surface area contributed by atoms with Gasteiger partial charge in [-0.15, -0.1) is 0 Å². The van der Waals surface area contributed by atoms with Crippen LogP contribution in [-0.4, -0.2) is 52.2 Å². The average molecular weight is 501 g/mol. The highest BCUT2D eigenvalue weighted by molar-refractivity contribution is 7.92. The van der Waals surface area contributed by atoms with Gasteiger partial charge in [0.1, 0.15) is 17.2 Å². The molecule has 0 aromatic heterocycles. The standard InChI is InChI=1S/C26H32N2O6S/c1-33-21-9-4-18(5-10-21)23(19-6-11-22(34-2)12-7-19)14-15-27-17-26(30)20-8-13-25(29)24(16-20)28-35(3,31)32/h4-13,16,23,26-30H,14-15,17H2,1-3H3/t26-/m0/s1. The Morgan fingerprint density at radius 3 is 1.86 bits per heavy atom. The molecule has 188 valence electrons. The van der Waals surface area contributed by atoms with Crippen LogP contribution < -0.4 is 19.5 Å². The normalized spacial score (nSPS) is 12.4. The van der Waals surface area contributed by atoms with Crippen LogP contribution in [0.15, 0.2) is 66.7 Å². The lowest BCUT2D eigenvalue weighted by Crippen LogP contribution is -2.24. The van der Waals surface area contributed by atoms with Gasteiger partial charge in [0.25, 0.3) is 0 Å². The van der Waals surface area contributed by atoms with Gasteiger partial charge in [0.2, 0.25) is 10.0 Å². The maximum absolute atomic E-state index is 11.5. The Bertz CT molecular complexity index is 1150. The Morgan fingerprint density at radius 2 is 1.37 bits per heavy atom. The molecule has 0 fully saturated rings. The van der Waals surface area contributed by atoms with E-state index in [9.17, 15) is 18.6 Å². The highest BCUT2D eigenvalue weighted by Gasteiger charge is 2.16. The van der Waals surface area contributed by atoms with Gasteiger partial charge in [-0.05, 0) is 66.1 Å². The van der Waals surface area contributed by atoms with Gasteiger partial charge in [-0.25, -0.2) is 8.42 Å². The van der Waals surface area contributed by atoms with Crippen molar-refractivity contribution in [2.75, 3.05) is 38.3 Å². The zero-order valence-electron chi connectivity index (χ0n) is 20.1. The van der Waals surface area contributed by atoms with Crippen LogP contribution in [0, 0.1) is 0 Å². The summed E-state index contributed by atoms with van der Waals surface area (Å²) in [5.41, 5.74) is 2.81. The van der Waals surface area contributed by atoms with Gasteiger partial charge in [0.15, 0.2) is 0 Å². The molecule has 0 bridgehead atoms. The van der Waals surface area contributed by atoms with Crippen LogP contribution in [0.3, 0.4) is 0 Å². The monoisotopic (exact) mass is 500 g/mol. The second kappa shape index (κ2) is 11.9. The number of nitrogens with one attached hydrogen (secondary N) is 2. The number of hydrogen-bond acceptors (Lipinski definition) is 7. The van der Waals surface area contributed by atoms with Gasteiger partial charge in [-0.2, -0.15) is 0 Å². The predicted molar refractivity (Wildman–Crippen MR) is 137 cm³/mol. The summed E-state index contributed by atoms with van der Waals surface area (Å²) < 4.78 is 35.8. The number of methoxy groups -OCH3 is 2. The summed E-state index contributed by atoms with van der Waals surface area (Å²) in [5.74, 6) is 1.50. The molecule has 0 amide bonds. The fourth-order valence-corrected chi connectivity index (χ4v) is 4.41. The molecule has 0 heterocycles. The van der Waals surface area contributed by atoms with Crippen molar-refractivity contribution in [3.05, 3.63) is 83.4 Å². The molecule has 0 unspecified atom stereocenters. The minimum absolute atomic E-state index is 0.0307. The Balaban J connectivity index is 1.66. The van der Waals surface area contributed by atoms with E-state index < -0.39 is 16.1 Å². The summed E-state index contributed by atoms with van der Waals surface area (Å²) in [7, 11) is -0.281. The van der Waals surface area contributed by atoms with Crippen LogP contribution >= 0.6 is 0 Å². The second-order valence-electron chi connectivity index (χ2n) is 8.26. The zero-order chi connectivity index (χ0) is 25.4. The summed E-state index contributed by atoms with van der Waals surface area (Å²) in [5, 5.41) is 23.8. The average Bonchev–Trinajstić information content (AvgIpc) is 2.85. The molecule has 0 spiro atoms. The van der Waals surface area contributed by atoms with Gasteiger partial charge < -0.3 is 25.0 Å². The number of sulfonamides is 1. The smallest absolute Gasteiger partial charge is 0.229 e. The Morgan fingerprint density at radius 1 is 0.857 bits per heavy atom. The number of aromatic hydroxyl groups is 1. The van der Waals surface area contributed by atoms with Crippen LogP contribution in [0.1, 0.15) is 35.1 Å². The number of aliphatic hydroxyl groups is 1. The molecule has 4 N–H and O–H groups in total. The van der Waals surface area contributed by atoms with E-state index in [2.05, 4.69) is 34.3 Å². The third-order valence-electron chi connectivity index (χ3n) is 5.68. The molecular formula is C26H32N2O6S. The number of anilines is 1. The molecule has 0 saturated carbocycles. The minimum atomic E-state index is -3.56. The lowest BCUT2D eigenvalue weighted by atomic mass is 9.88. The number of ether oxygens (including phenoxy) is 2. The first-order valence-electron chi connectivity index (χ1n) is 11.2. The maximum Gasteiger partial charge on any atom is 0.229 e. The number of phenolic OH excluding ortho intramolecular Hbond substituents is 1. The summed E-state index contributed by atoms with van der Waals surface area (Å²) in [4.78, 5) is 0. The molecule has 8 nitrogen and oxygen atoms in total. The van der Waals surface area contributed by atoms with E-state index in [1.54, 1.807) is 20.3 Å². The van der Waals surface area contributed by atoms with Gasteiger partial charge in [-0.1, -0.05) is 30.3 Å². The molecule has 35 heavy (non-hydrogen) atoms. The van der Waals surface area contributed by atoms with Crippen molar-refractivity contribution in [3.63, 3.8) is 0 Å². The molecule has 0 radical (unpaired) electrons. The van der Waals surface area contributed by atoms with Crippen LogP contribution in [-0.2, 0) is 10.0 Å². The van der Waals surface area contributed by atoms with Crippen LogP contribution in [0.2, 0.25) is 0 Å². The Kier molecular flexibility index (Phi) is 8.97. The van der Waals surface area contributed by atoms with Crippen LogP contribution in [0.4, 0.5) is 5.69 Å². The van der Waals surface area contributed by atoms with Gasteiger partial charge in [-0.3, -0.25) is 4.72 Å². The number of hydrogen-bond donors (Lipinski definition) is 4. The van der Waals surface area contributed by atoms with Gasteiger partial charge in [0, 0.05) is 12.5 Å². The maximum atomic E-state index is 11.5. The Hall–Kier alpha value is -3.27. The number of benzene rings is 3. The highest BCUT2D eigenvalue weighted by atomic mass is 32.2. The van der Waals surface area contributed by atoms with Crippen molar-refractivity contribution in [2.24, 2.45) is 0 Å². The summed E-state index contributed by atoms with van der Waals surface area (Å²) in [6, 6.07) is 20.3. The van der Waals surface area contributed by atoms with Crippen molar-refractivity contribution >= 4 is 15.7 Å². The second-order valence-corrected chi connectivity index (χ2v) is 10.0. The topological polar surface area (TPSA) is 117 Å². The summed E-state index contributed by atoms with van der Waals surface area (Å²) in [6.07, 6.45) is 0.900. The molecule has 0 saturated heterocycles. The molecule has 3 aromatic rings. The number of phenols is 1. The Labute approximate surface area is 206 Å². The van der Waals surface area contributed by atoms with E-state index in [0.29, 0.717) is 12.1 Å². The van der Waals surface area contributed by atoms with Crippen molar-refractivity contribution in [1.82, 2.24) is 5.32 Å². The quantitative estimate of drug-likeness (QED) is 0.222. The van der Waals surface area contributed by atoms with Gasteiger partial charge in [0.05, 0.1) is 32.3 Å². The van der Waals surface area contributed by atoms with Crippen LogP contribution in [0.25, 0.3) is 0 Å². The fraction of sp³-hybridized carbons (Fsp3) is 0.308. The van der Waals surface area contributed by atoms with Crippen molar-refractivity contribution < 1.29 is 28.1 Å². The lowest BCUT2D eigenvalue weighted by molar-refractivity contribution is 0.174. The molecule has 3 aromatic carbocycles. The van der Waals surface area contributed by atoms with E-state index in [1.165, 1.54) is 12.1 Å².